The van der Waals surface area contributed by atoms with Crippen LogP contribution in [0.15, 0.2) is 18.2 Å². The van der Waals surface area contributed by atoms with Crippen molar-refractivity contribution in [2.24, 2.45) is 28.6 Å². The van der Waals surface area contributed by atoms with Crippen LogP contribution in [0.5, 0.6) is 0 Å². The number of aryl methyl sites for hydroxylation is 2. The van der Waals surface area contributed by atoms with Gasteiger partial charge in [0.2, 0.25) is 0 Å². The molecule has 5 atom stereocenters. The van der Waals surface area contributed by atoms with E-state index in [1.165, 1.54) is 60.5 Å². The Morgan fingerprint density at radius 2 is 1.92 bits per heavy atom. The first kappa shape index (κ1) is 15.4. The maximum atomic E-state index is 4.82. The second-order valence-electron chi connectivity index (χ2n) is 9.25. The molecule has 4 aliphatic rings. The van der Waals surface area contributed by atoms with E-state index in [9.17, 15) is 0 Å². The normalized spacial score (nSPS) is 43.5. The molecule has 0 saturated heterocycles. The third kappa shape index (κ3) is 1.79. The van der Waals surface area contributed by atoms with Gasteiger partial charge in [-0.3, -0.25) is 0 Å². The first-order valence-corrected chi connectivity index (χ1v) is 10.6. The van der Waals surface area contributed by atoms with Crippen molar-refractivity contribution in [2.75, 3.05) is 0 Å². The molecule has 1 aromatic heterocycles. The van der Waals surface area contributed by atoms with Gasteiger partial charge in [0.05, 0.1) is 15.6 Å². The fourth-order valence-electron chi connectivity index (χ4n) is 6.90. The molecule has 0 radical (unpaired) electrons. The highest BCUT2D eigenvalue weighted by Crippen LogP contribution is 2.66. The summed E-state index contributed by atoms with van der Waals surface area (Å²) in [5, 5.41) is 1.25. The van der Waals surface area contributed by atoms with Crippen molar-refractivity contribution in [3.63, 3.8) is 0 Å². The van der Waals surface area contributed by atoms with Gasteiger partial charge in [-0.15, -0.1) is 11.3 Å². The Morgan fingerprint density at radius 1 is 1.12 bits per heavy atom. The number of fused-ring (bicyclic) bond motifs is 7. The van der Waals surface area contributed by atoms with Crippen LogP contribution in [0.2, 0.25) is 0 Å². The van der Waals surface area contributed by atoms with Crippen molar-refractivity contribution in [1.82, 2.24) is 4.98 Å². The number of rotatable bonds is 0. The van der Waals surface area contributed by atoms with E-state index < -0.39 is 0 Å². The predicted octanol–water partition coefficient (Wildman–Crippen LogP) is 6.19. The van der Waals surface area contributed by atoms with Crippen LogP contribution < -0.4 is 0 Å². The summed E-state index contributed by atoms with van der Waals surface area (Å²) >= 11 is 1.94. The highest BCUT2D eigenvalue weighted by atomic mass is 32.1. The Morgan fingerprint density at radius 3 is 2.75 bits per heavy atom. The van der Waals surface area contributed by atoms with Crippen LogP contribution in [0.25, 0.3) is 5.57 Å². The molecule has 2 heteroatoms. The standard InChI is InChI=1S/C22H29NS/c1-13-5-7-16-15-6-8-18-20-19(23-14(2)24-20)10-12-22(18,4)17(15)9-11-21(13,16)3/h8,15-17H,1,5-7,9-12H2,2-4H3. The van der Waals surface area contributed by atoms with Crippen LogP contribution in [0.1, 0.15) is 68.0 Å². The monoisotopic (exact) mass is 339 g/mol. The quantitative estimate of drug-likeness (QED) is 0.514. The van der Waals surface area contributed by atoms with Crippen molar-refractivity contribution in [3.8, 4) is 0 Å². The van der Waals surface area contributed by atoms with Crippen LogP contribution in [0.3, 0.4) is 0 Å². The van der Waals surface area contributed by atoms with Crippen LogP contribution in [-0.2, 0) is 6.42 Å². The first-order chi connectivity index (χ1) is 11.4. The lowest BCUT2D eigenvalue weighted by Crippen LogP contribution is -2.48. The van der Waals surface area contributed by atoms with E-state index in [1.54, 1.807) is 11.1 Å². The second-order valence-corrected chi connectivity index (χ2v) is 10.5. The minimum Gasteiger partial charge on any atom is -0.246 e. The molecule has 24 heavy (non-hydrogen) atoms. The summed E-state index contributed by atoms with van der Waals surface area (Å²) in [6.45, 7) is 11.7. The Bertz CT molecular complexity index is 756. The largest absolute Gasteiger partial charge is 0.246 e. The van der Waals surface area contributed by atoms with Crippen molar-refractivity contribution in [1.29, 1.82) is 0 Å². The van der Waals surface area contributed by atoms with Crippen LogP contribution >= 0.6 is 11.3 Å². The molecule has 5 rings (SSSR count). The van der Waals surface area contributed by atoms with Crippen LogP contribution in [-0.4, -0.2) is 4.98 Å². The summed E-state index contributed by atoms with van der Waals surface area (Å²) in [4.78, 5) is 6.35. The van der Waals surface area contributed by atoms with Gasteiger partial charge in [0.25, 0.3) is 0 Å². The first-order valence-electron chi connectivity index (χ1n) is 9.79. The van der Waals surface area contributed by atoms with Gasteiger partial charge in [-0.2, -0.15) is 0 Å². The number of hydrogen-bond acceptors (Lipinski definition) is 2. The van der Waals surface area contributed by atoms with E-state index in [1.807, 2.05) is 11.3 Å². The van der Waals surface area contributed by atoms with E-state index >= 15 is 0 Å². The maximum Gasteiger partial charge on any atom is 0.0903 e. The van der Waals surface area contributed by atoms with E-state index in [-0.39, 0.29) is 0 Å². The third-order valence-corrected chi connectivity index (χ3v) is 9.40. The van der Waals surface area contributed by atoms with Gasteiger partial charge < -0.3 is 0 Å². The maximum absolute atomic E-state index is 4.82. The summed E-state index contributed by atoms with van der Waals surface area (Å²) < 4.78 is 0. The molecule has 1 heterocycles. The Hall–Kier alpha value is -0.890. The summed E-state index contributed by atoms with van der Waals surface area (Å²) in [5.41, 5.74) is 5.42. The van der Waals surface area contributed by atoms with Gasteiger partial charge in [0.1, 0.15) is 0 Å². The highest BCUT2D eigenvalue weighted by Gasteiger charge is 2.57. The van der Waals surface area contributed by atoms with Gasteiger partial charge in [-0.25, -0.2) is 4.98 Å². The number of hydrogen-bond donors (Lipinski definition) is 0. The molecule has 4 aliphatic carbocycles. The predicted molar refractivity (Wildman–Crippen MR) is 102 cm³/mol. The fourth-order valence-corrected chi connectivity index (χ4v) is 8.04. The van der Waals surface area contributed by atoms with E-state index in [0.29, 0.717) is 10.8 Å². The molecule has 1 nitrogen and oxygen atoms in total. The molecule has 0 amide bonds. The third-order valence-electron chi connectivity index (χ3n) is 8.35. The summed E-state index contributed by atoms with van der Waals surface area (Å²) in [5.74, 6) is 2.63. The van der Waals surface area contributed by atoms with Crippen molar-refractivity contribution >= 4 is 16.9 Å². The molecule has 0 aliphatic heterocycles. The summed E-state index contributed by atoms with van der Waals surface area (Å²) in [6, 6.07) is 0. The van der Waals surface area contributed by atoms with Gasteiger partial charge in [0, 0.05) is 0 Å². The van der Waals surface area contributed by atoms with Crippen molar-refractivity contribution in [3.05, 3.63) is 33.8 Å². The topological polar surface area (TPSA) is 12.9 Å². The zero-order valence-electron chi connectivity index (χ0n) is 15.3. The lowest BCUT2D eigenvalue weighted by Gasteiger charge is -2.56. The summed E-state index contributed by atoms with van der Waals surface area (Å²) in [6.07, 6.45) is 11.8. The molecule has 2 fully saturated rings. The molecular weight excluding hydrogens is 310 g/mol. The van der Waals surface area contributed by atoms with Gasteiger partial charge in [0.15, 0.2) is 0 Å². The second kappa shape index (κ2) is 4.84. The average Bonchev–Trinajstić information content (AvgIpc) is 3.06. The lowest BCUT2D eigenvalue weighted by molar-refractivity contribution is 0.00327. The molecule has 1 aromatic rings. The number of nitrogens with zero attached hydrogens (tertiary/aromatic N) is 1. The van der Waals surface area contributed by atoms with E-state index in [2.05, 4.69) is 33.4 Å². The average molecular weight is 340 g/mol. The molecule has 2 saturated carbocycles. The van der Waals surface area contributed by atoms with Gasteiger partial charge in [-0.05, 0) is 86.0 Å². The molecule has 128 valence electrons. The minimum atomic E-state index is 0.389. The van der Waals surface area contributed by atoms with E-state index in [0.717, 1.165) is 17.8 Å². The molecule has 0 aromatic carbocycles. The minimum absolute atomic E-state index is 0.389. The number of allylic oxidation sites excluding steroid dienone is 3. The highest BCUT2D eigenvalue weighted by molar-refractivity contribution is 7.12. The lowest BCUT2D eigenvalue weighted by atomic mass is 9.48. The smallest absolute Gasteiger partial charge is 0.0903 e. The Balaban J connectivity index is 1.58. The molecular formula is C22H29NS. The Kier molecular flexibility index (Phi) is 3.10. The SMILES string of the molecule is C=C1CCC2C3CC=C4c5sc(C)nc5CCC4(C)C3CCC12C. The fraction of sp³-hybridized carbons (Fsp3) is 0.682. The zero-order valence-corrected chi connectivity index (χ0v) is 16.1. The summed E-state index contributed by atoms with van der Waals surface area (Å²) in [7, 11) is 0. The molecule has 5 unspecified atom stereocenters. The number of aromatic nitrogens is 1. The van der Waals surface area contributed by atoms with Gasteiger partial charge in [-0.1, -0.05) is 32.1 Å². The van der Waals surface area contributed by atoms with Crippen LogP contribution in [0, 0.1) is 35.5 Å². The number of thiazole rings is 1. The Labute approximate surface area is 150 Å². The van der Waals surface area contributed by atoms with Crippen molar-refractivity contribution in [2.45, 2.75) is 65.7 Å². The molecule has 0 bridgehead atoms. The molecule has 0 spiro atoms. The van der Waals surface area contributed by atoms with E-state index in [4.69, 9.17) is 4.98 Å². The van der Waals surface area contributed by atoms with Crippen LogP contribution in [0.4, 0.5) is 0 Å². The molecule has 0 N–H and O–H groups in total. The van der Waals surface area contributed by atoms with Gasteiger partial charge >= 0.3 is 0 Å². The zero-order chi connectivity index (χ0) is 16.7. The van der Waals surface area contributed by atoms with Crippen molar-refractivity contribution < 1.29 is 0 Å².